The van der Waals surface area contributed by atoms with Crippen LogP contribution in [0.4, 0.5) is 11.4 Å². The van der Waals surface area contributed by atoms with E-state index < -0.39 is 15.9 Å². The Morgan fingerprint density at radius 1 is 1.11 bits per heavy atom. The van der Waals surface area contributed by atoms with Crippen LogP contribution in [0, 0.1) is 18.3 Å². The lowest BCUT2D eigenvalue weighted by Gasteiger charge is -2.28. The van der Waals surface area contributed by atoms with Crippen LogP contribution in [0.5, 0.6) is 0 Å². The standard InChI is InChI=1S/C27H22N4O4S/c1-18-6-7-21(15-25(18)26-23-5-3-2-4-19(23)10-11-29-26)30-27(32)24-9-8-22(14-20(24)16-28)31-17-35-12-13-36(31,33)34/h2-11,14-15H,12-13,17H2,1H3,(H,30,32). The molecule has 1 aliphatic heterocycles. The van der Waals surface area contributed by atoms with Crippen molar-refractivity contribution in [3.63, 3.8) is 0 Å². The third-order valence-electron chi connectivity index (χ3n) is 6.11. The number of hydrogen-bond donors (Lipinski definition) is 1. The number of aromatic nitrogens is 1. The molecule has 1 aromatic heterocycles. The van der Waals surface area contributed by atoms with Gasteiger partial charge in [0.25, 0.3) is 5.91 Å². The quantitative estimate of drug-likeness (QED) is 0.445. The average molecular weight is 499 g/mol. The highest BCUT2D eigenvalue weighted by Crippen LogP contribution is 2.31. The van der Waals surface area contributed by atoms with Crippen LogP contribution in [0.3, 0.4) is 0 Å². The lowest BCUT2D eigenvalue weighted by Crippen LogP contribution is -2.41. The van der Waals surface area contributed by atoms with Gasteiger partial charge < -0.3 is 10.1 Å². The maximum absolute atomic E-state index is 13.1. The van der Waals surface area contributed by atoms with Gasteiger partial charge in [0.2, 0.25) is 10.0 Å². The van der Waals surface area contributed by atoms with Crippen molar-refractivity contribution >= 4 is 38.1 Å². The van der Waals surface area contributed by atoms with Crippen molar-refractivity contribution in [1.29, 1.82) is 5.26 Å². The second kappa shape index (κ2) is 9.41. The van der Waals surface area contributed by atoms with Gasteiger partial charge in [0.1, 0.15) is 12.8 Å². The Hall–Kier alpha value is -4.26. The van der Waals surface area contributed by atoms with E-state index in [9.17, 15) is 18.5 Å². The molecule has 1 fully saturated rings. The summed E-state index contributed by atoms with van der Waals surface area (Å²) in [7, 11) is -3.54. The second-order valence-corrected chi connectivity index (χ2v) is 10.4. The molecular weight excluding hydrogens is 476 g/mol. The summed E-state index contributed by atoms with van der Waals surface area (Å²) < 4.78 is 31.1. The SMILES string of the molecule is Cc1ccc(NC(=O)c2ccc(N3COCCS3(=O)=O)cc2C#N)cc1-c1nccc2ccccc12. The summed E-state index contributed by atoms with van der Waals surface area (Å²) in [5.74, 6) is -0.616. The number of hydrogen-bond acceptors (Lipinski definition) is 6. The van der Waals surface area contributed by atoms with Gasteiger partial charge in [-0.1, -0.05) is 30.3 Å². The number of benzene rings is 3. The van der Waals surface area contributed by atoms with Gasteiger partial charge in [-0.05, 0) is 54.3 Å². The number of nitrogens with zero attached hydrogens (tertiary/aromatic N) is 3. The molecule has 36 heavy (non-hydrogen) atoms. The van der Waals surface area contributed by atoms with Crippen molar-refractivity contribution < 1.29 is 17.9 Å². The number of fused-ring (bicyclic) bond motifs is 1. The smallest absolute Gasteiger partial charge is 0.257 e. The lowest BCUT2D eigenvalue weighted by molar-refractivity contribution is 0.102. The molecule has 2 heterocycles. The van der Waals surface area contributed by atoms with E-state index in [1.807, 2.05) is 55.5 Å². The van der Waals surface area contributed by atoms with Crippen molar-refractivity contribution in [3.8, 4) is 17.3 Å². The minimum atomic E-state index is -3.54. The minimum Gasteiger partial charge on any atom is -0.359 e. The van der Waals surface area contributed by atoms with Crippen molar-refractivity contribution in [2.45, 2.75) is 6.92 Å². The number of rotatable bonds is 4. The van der Waals surface area contributed by atoms with Gasteiger partial charge in [0.15, 0.2) is 0 Å². The predicted octanol–water partition coefficient (Wildman–Crippen LogP) is 4.46. The zero-order chi connectivity index (χ0) is 25.3. The number of aryl methyl sites for hydroxylation is 1. The monoisotopic (exact) mass is 498 g/mol. The Morgan fingerprint density at radius 3 is 2.75 bits per heavy atom. The first-order valence-electron chi connectivity index (χ1n) is 11.3. The van der Waals surface area contributed by atoms with Crippen LogP contribution in [0.2, 0.25) is 0 Å². The lowest BCUT2D eigenvalue weighted by atomic mass is 9.99. The number of pyridine rings is 1. The molecule has 180 valence electrons. The molecule has 0 saturated carbocycles. The largest absolute Gasteiger partial charge is 0.359 e. The number of carbonyl (C=O) groups excluding carboxylic acids is 1. The van der Waals surface area contributed by atoms with E-state index in [2.05, 4.69) is 10.3 Å². The molecule has 1 saturated heterocycles. The second-order valence-electron chi connectivity index (χ2n) is 8.41. The third kappa shape index (κ3) is 4.40. The van der Waals surface area contributed by atoms with E-state index in [0.717, 1.165) is 31.9 Å². The molecule has 1 aliphatic rings. The van der Waals surface area contributed by atoms with E-state index in [1.54, 1.807) is 12.3 Å². The van der Waals surface area contributed by atoms with Crippen molar-refractivity contribution in [3.05, 3.63) is 89.6 Å². The third-order valence-corrected chi connectivity index (χ3v) is 7.78. The first-order chi connectivity index (χ1) is 17.4. The van der Waals surface area contributed by atoms with Gasteiger partial charge in [-0.2, -0.15) is 5.26 Å². The Kier molecular flexibility index (Phi) is 6.14. The van der Waals surface area contributed by atoms with E-state index in [4.69, 9.17) is 4.74 Å². The number of amides is 1. The van der Waals surface area contributed by atoms with Gasteiger partial charge >= 0.3 is 0 Å². The fourth-order valence-electron chi connectivity index (χ4n) is 4.20. The summed E-state index contributed by atoms with van der Waals surface area (Å²) in [5, 5.41) is 14.6. The molecular formula is C27H22N4O4S. The van der Waals surface area contributed by atoms with Crippen molar-refractivity contribution in [2.75, 3.05) is 28.7 Å². The van der Waals surface area contributed by atoms with E-state index in [1.165, 1.54) is 18.2 Å². The fraction of sp³-hybridized carbons (Fsp3) is 0.148. The highest BCUT2D eigenvalue weighted by Gasteiger charge is 2.27. The number of nitrogens with one attached hydrogen (secondary N) is 1. The number of sulfonamides is 1. The Bertz CT molecular complexity index is 1640. The van der Waals surface area contributed by atoms with Crippen LogP contribution in [0.25, 0.3) is 22.0 Å². The summed E-state index contributed by atoms with van der Waals surface area (Å²) in [6.45, 7) is 1.97. The Balaban J connectivity index is 1.46. The van der Waals surface area contributed by atoms with Crippen LogP contribution in [0.15, 0.2) is 72.9 Å². The summed E-state index contributed by atoms with van der Waals surface area (Å²) >= 11 is 0. The molecule has 0 spiro atoms. The summed E-state index contributed by atoms with van der Waals surface area (Å²) in [6, 6.07) is 21.8. The van der Waals surface area contributed by atoms with Gasteiger partial charge in [-0.3, -0.25) is 9.78 Å². The molecule has 4 aromatic rings. The molecule has 0 radical (unpaired) electrons. The van der Waals surface area contributed by atoms with Crippen LogP contribution in [0.1, 0.15) is 21.5 Å². The fourth-order valence-corrected chi connectivity index (χ4v) is 5.42. The van der Waals surface area contributed by atoms with Crippen LogP contribution >= 0.6 is 0 Å². The average Bonchev–Trinajstić information content (AvgIpc) is 2.89. The summed E-state index contributed by atoms with van der Waals surface area (Å²) in [5.41, 5.74) is 3.74. The molecule has 3 aromatic carbocycles. The van der Waals surface area contributed by atoms with Gasteiger partial charge in [-0.15, -0.1) is 0 Å². The molecule has 0 unspecified atom stereocenters. The molecule has 9 heteroatoms. The first-order valence-corrected chi connectivity index (χ1v) is 12.9. The summed E-state index contributed by atoms with van der Waals surface area (Å²) in [6.07, 6.45) is 1.76. The van der Waals surface area contributed by atoms with Gasteiger partial charge in [-0.25, -0.2) is 12.7 Å². The molecule has 8 nitrogen and oxygen atoms in total. The number of nitriles is 1. The zero-order valence-electron chi connectivity index (χ0n) is 19.4. The molecule has 1 N–H and O–H groups in total. The zero-order valence-corrected chi connectivity index (χ0v) is 20.2. The normalized spacial score (nSPS) is 14.8. The first kappa shape index (κ1) is 23.5. The van der Waals surface area contributed by atoms with Crippen LogP contribution in [-0.2, 0) is 14.8 Å². The van der Waals surface area contributed by atoms with E-state index in [-0.39, 0.29) is 35.9 Å². The molecule has 5 rings (SSSR count). The molecule has 0 bridgehead atoms. The molecule has 0 aliphatic carbocycles. The number of carbonyl (C=O) groups is 1. The number of ether oxygens (including phenoxy) is 1. The topological polar surface area (TPSA) is 112 Å². The van der Waals surface area contributed by atoms with Crippen LogP contribution < -0.4 is 9.62 Å². The van der Waals surface area contributed by atoms with Crippen molar-refractivity contribution in [2.24, 2.45) is 0 Å². The Labute approximate surface area is 208 Å². The maximum Gasteiger partial charge on any atom is 0.257 e. The van der Waals surface area contributed by atoms with Gasteiger partial charge in [0, 0.05) is 22.8 Å². The van der Waals surface area contributed by atoms with Crippen LogP contribution in [-0.4, -0.2) is 38.4 Å². The van der Waals surface area contributed by atoms with Crippen molar-refractivity contribution in [1.82, 2.24) is 4.98 Å². The van der Waals surface area contributed by atoms with E-state index in [0.29, 0.717) is 5.69 Å². The maximum atomic E-state index is 13.1. The molecule has 1 amide bonds. The minimum absolute atomic E-state index is 0.0637. The van der Waals surface area contributed by atoms with Gasteiger partial charge in [0.05, 0.1) is 34.9 Å². The number of anilines is 2. The van der Waals surface area contributed by atoms with E-state index >= 15 is 0 Å². The predicted molar refractivity (Wildman–Crippen MR) is 138 cm³/mol. The molecule has 0 atom stereocenters. The summed E-state index contributed by atoms with van der Waals surface area (Å²) in [4.78, 5) is 17.7. The Morgan fingerprint density at radius 2 is 1.94 bits per heavy atom. The highest BCUT2D eigenvalue weighted by atomic mass is 32.2. The highest BCUT2D eigenvalue weighted by molar-refractivity contribution is 7.92.